The molecule has 226 valence electrons. The van der Waals surface area contributed by atoms with Crippen LogP contribution in [0.5, 0.6) is 0 Å². The lowest BCUT2D eigenvalue weighted by Crippen LogP contribution is -2.48. The molecule has 1 aliphatic heterocycles. The van der Waals surface area contributed by atoms with Gasteiger partial charge in [-0.25, -0.2) is 0 Å². The van der Waals surface area contributed by atoms with Gasteiger partial charge in [-0.15, -0.1) is 0 Å². The summed E-state index contributed by atoms with van der Waals surface area (Å²) in [6.07, 6.45) is -0.847. The normalized spacial score (nSPS) is 18.2. The average Bonchev–Trinajstić information content (AvgIpc) is 2.82. The summed E-state index contributed by atoms with van der Waals surface area (Å²) in [5.41, 5.74) is 0. The Bertz CT molecular complexity index is 862. The van der Waals surface area contributed by atoms with Gasteiger partial charge < -0.3 is 34.2 Å². The van der Waals surface area contributed by atoms with Crippen LogP contribution in [-0.4, -0.2) is 153 Å². The number of ketones is 1. The molecule has 0 saturated carbocycles. The number of carbonyl (C=O) groups excluding carboxylic acids is 3. The Hall–Kier alpha value is -1.78. The van der Waals surface area contributed by atoms with Gasteiger partial charge in [-0.2, -0.15) is 0 Å². The van der Waals surface area contributed by atoms with Crippen molar-refractivity contribution in [1.29, 1.82) is 0 Å². The molecule has 0 radical (unpaired) electrons. The van der Waals surface area contributed by atoms with Gasteiger partial charge in [0.15, 0.2) is 5.40 Å². The van der Waals surface area contributed by atoms with E-state index in [1.807, 2.05) is 4.90 Å². The van der Waals surface area contributed by atoms with Gasteiger partial charge in [-0.1, -0.05) is 0 Å². The van der Waals surface area contributed by atoms with Crippen LogP contribution in [0.2, 0.25) is 0 Å². The van der Waals surface area contributed by atoms with Crippen molar-refractivity contribution >= 4 is 39.9 Å². The van der Waals surface area contributed by atoms with Crippen LogP contribution in [0.25, 0.3) is 0 Å². The largest absolute Gasteiger partial charge is 0.480 e. The SMILES string of the molecule is O=COCN1CCN(COC=O)CCN(CC(=O)CCCC(P(=O)(O)O)P(=O)(O)O)CCN(CC(=O)O)CC1. The first-order chi connectivity index (χ1) is 18.3. The zero-order valence-corrected chi connectivity index (χ0v) is 23.3. The zero-order valence-electron chi connectivity index (χ0n) is 21.5. The maximum Gasteiger partial charge on any atom is 0.340 e. The van der Waals surface area contributed by atoms with Crippen LogP contribution in [-0.2, 0) is 37.8 Å². The first kappa shape index (κ1) is 35.2. The van der Waals surface area contributed by atoms with E-state index >= 15 is 0 Å². The Kier molecular flexibility index (Phi) is 16.1. The van der Waals surface area contributed by atoms with Gasteiger partial charge in [0, 0.05) is 58.8 Å². The van der Waals surface area contributed by atoms with E-state index in [4.69, 9.17) is 9.47 Å². The molecule has 1 heterocycles. The van der Waals surface area contributed by atoms with E-state index < -0.39 is 33.0 Å². The number of aliphatic carboxylic acids is 1. The van der Waals surface area contributed by atoms with E-state index in [0.717, 1.165) is 0 Å². The van der Waals surface area contributed by atoms with Crippen molar-refractivity contribution in [3.05, 3.63) is 0 Å². The number of ether oxygens (including phenoxy) is 2. The standard InChI is InChI=1S/C20H38N4O13P2/c25-16-36-14-23-8-6-21(12-18(27)2-1-3-20(38(30,31)32)39(33,34)35)4-5-22(13-19(28)29)7-9-24(11-10-23)15-37-17-26/h16-17,20H,1-15H2,(H,28,29)(H2,30,31,32)(H2,33,34,35). The molecule has 0 unspecified atom stereocenters. The number of rotatable bonds is 16. The van der Waals surface area contributed by atoms with E-state index in [1.54, 1.807) is 14.7 Å². The maximum absolute atomic E-state index is 12.7. The van der Waals surface area contributed by atoms with Crippen molar-refractivity contribution in [2.24, 2.45) is 0 Å². The fraction of sp³-hybridized carbons (Fsp3) is 0.800. The molecule has 1 saturated heterocycles. The minimum Gasteiger partial charge on any atom is -0.480 e. The van der Waals surface area contributed by atoms with Crippen LogP contribution < -0.4 is 0 Å². The van der Waals surface area contributed by atoms with Crippen molar-refractivity contribution in [2.45, 2.75) is 24.7 Å². The number of carbonyl (C=O) groups is 4. The molecular formula is C20H38N4O13P2. The molecule has 5 N–H and O–H groups in total. The minimum atomic E-state index is -5.07. The zero-order chi connectivity index (χ0) is 29.5. The van der Waals surface area contributed by atoms with Crippen molar-refractivity contribution in [1.82, 2.24) is 19.6 Å². The molecule has 1 fully saturated rings. The highest BCUT2D eigenvalue weighted by atomic mass is 31.2. The molecule has 1 rings (SSSR count). The quantitative estimate of drug-likeness (QED) is 0.0944. The van der Waals surface area contributed by atoms with Gasteiger partial charge in [-0.3, -0.25) is 47.9 Å². The number of Topliss-reactive ketones (excluding diaryl/α,β-unsaturated/α-hetero) is 1. The molecule has 0 atom stereocenters. The number of carboxylic acids is 1. The van der Waals surface area contributed by atoms with Gasteiger partial charge in [0.25, 0.3) is 12.9 Å². The number of hydrogen-bond acceptors (Lipinski definition) is 12. The monoisotopic (exact) mass is 604 g/mol. The number of nitrogens with zero attached hydrogens (tertiary/aromatic N) is 4. The summed E-state index contributed by atoms with van der Waals surface area (Å²) in [7, 11) is -10.1. The van der Waals surface area contributed by atoms with Crippen LogP contribution in [0.4, 0.5) is 0 Å². The summed E-state index contributed by atoms with van der Waals surface area (Å²) >= 11 is 0. The van der Waals surface area contributed by atoms with Gasteiger partial charge in [-0.05, 0) is 12.8 Å². The van der Waals surface area contributed by atoms with E-state index in [2.05, 4.69) is 0 Å². The molecule has 0 amide bonds. The van der Waals surface area contributed by atoms with Crippen LogP contribution >= 0.6 is 15.2 Å². The van der Waals surface area contributed by atoms with Crippen molar-refractivity contribution < 1.29 is 62.5 Å². The second-order valence-electron chi connectivity index (χ2n) is 9.06. The van der Waals surface area contributed by atoms with E-state index in [0.29, 0.717) is 58.8 Å². The fourth-order valence-corrected chi connectivity index (χ4v) is 6.56. The smallest absolute Gasteiger partial charge is 0.340 e. The average molecular weight is 604 g/mol. The second-order valence-corrected chi connectivity index (χ2v) is 13.1. The van der Waals surface area contributed by atoms with Crippen LogP contribution in [0.3, 0.4) is 0 Å². The summed E-state index contributed by atoms with van der Waals surface area (Å²) in [4.78, 5) is 89.4. The van der Waals surface area contributed by atoms with Gasteiger partial charge >= 0.3 is 21.2 Å². The summed E-state index contributed by atoms with van der Waals surface area (Å²) in [6.45, 7) is 3.04. The lowest BCUT2D eigenvalue weighted by atomic mass is 10.1. The molecule has 19 heteroatoms. The molecular weight excluding hydrogens is 566 g/mol. The van der Waals surface area contributed by atoms with Crippen molar-refractivity contribution in [3.63, 3.8) is 0 Å². The third kappa shape index (κ3) is 15.6. The van der Waals surface area contributed by atoms with E-state index in [-0.39, 0.29) is 51.7 Å². The molecule has 17 nitrogen and oxygen atoms in total. The van der Waals surface area contributed by atoms with Crippen molar-refractivity contribution in [2.75, 3.05) is 78.9 Å². The lowest BCUT2D eigenvalue weighted by Gasteiger charge is -2.33. The molecule has 39 heavy (non-hydrogen) atoms. The molecule has 0 aromatic carbocycles. The third-order valence-electron chi connectivity index (χ3n) is 6.03. The Morgan fingerprint density at radius 3 is 1.46 bits per heavy atom. The first-order valence-electron chi connectivity index (χ1n) is 12.1. The second kappa shape index (κ2) is 17.8. The summed E-state index contributed by atoms with van der Waals surface area (Å²) in [5.74, 6) is -1.36. The van der Waals surface area contributed by atoms with Crippen LogP contribution in [0.15, 0.2) is 0 Å². The molecule has 0 aliphatic carbocycles. The number of hydrogen-bond donors (Lipinski definition) is 5. The Morgan fingerprint density at radius 2 is 1.10 bits per heavy atom. The third-order valence-corrected chi connectivity index (χ3v) is 9.91. The van der Waals surface area contributed by atoms with Crippen molar-refractivity contribution in [3.8, 4) is 0 Å². The van der Waals surface area contributed by atoms with E-state index in [1.165, 1.54) is 0 Å². The topological polar surface area (TPSA) is 235 Å². The van der Waals surface area contributed by atoms with Gasteiger partial charge in [0.1, 0.15) is 19.2 Å². The van der Waals surface area contributed by atoms with Crippen LogP contribution in [0, 0.1) is 0 Å². The molecule has 0 bridgehead atoms. The molecule has 1 aliphatic rings. The maximum atomic E-state index is 12.7. The van der Waals surface area contributed by atoms with E-state index in [9.17, 15) is 53.0 Å². The summed E-state index contributed by atoms with van der Waals surface area (Å²) in [6, 6.07) is 0. The van der Waals surface area contributed by atoms with Gasteiger partial charge in [0.05, 0.1) is 13.1 Å². The highest BCUT2D eigenvalue weighted by Gasteiger charge is 2.42. The first-order valence-corrected chi connectivity index (χ1v) is 15.5. The Morgan fingerprint density at radius 1 is 0.718 bits per heavy atom. The van der Waals surface area contributed by atoms with Crippen LogP contribution in [0.1, 0.15) is 19.3 Å². The highest BCUT2D eigenvalue weighted by molar-refractivity contribution is 7.70. The van der Waals surface area contributed by atoms with Gasteiger partial charge in [0.2, 0.25) is 0 Å². The predicted molar refractivity (Wildman–Crippen MR) is 134 cm³/mol. The molecule has 0 aromatic rings. The summed E-state index contributed by atoms with van der Waals surface area (Å²) in [5, 5.41) is 7.12. The highest BCUT2D eigenvalue weighted by Crippen LogP contribution is 2.61. The molecule has 0 aromatic heterocycles. The lowest BCUT2D eigenvalue weighted by molar-refractivity contribution is -0.139. The molecule has 0 spiro atoms. The fourth-order valence-electron chi connectivity index (χ4n) is 3.96. The predicted octanol–water partition coefficient (Wildman–Crippen LogP) is -2.03. The minimum absolute atomic E-state index is 0.00168. The Balaban J connectivity index is 2.89. The Labute approximate surface area is 225 Å². The summed E-state index contributed by atoms with van der Waals surface area (Å²) < 4.78 is 32.6. The number of carboxylic acid groups (broad SMARTS) is 1.